The first-order valence-corrected chi connectivity index (χ1v) is 5.46. The van der Waals surface area contributed by atoms with Gasteiger partial charge in [-0.1, -0.05) is 46.4 Å². The van der Waals surface area contributed by atoms with Crippen LogP contribution in [0.25, 0.3) is 0 Å². The first-order valence-electron chi connectivity index (χ1n) is 4.21. The first kappa shape index (κ1) is 8.51. The van der Waals surface area contributed by atoms with Gasteiger partial charge >= 0.3 is 0 Å². The molecule has 1 unspecified atom stereocenters. The molecule has 0 bridgehead atoms. The van der Waals surface area contributed by atoms with Gasteiger partial charge in [0, 0.05) is 17.0 Å². The monoisotopic (exact) mass is 273 g/mol. The summed E-state index contributed by atoms with van der Waals surface area (Å²) in [6.07, 6.45) is 0. The zero-order valence-corrected chi connectivity index (χ0v) is 9.26. The van der Waals surface area contributed by atoms with E-state index < -0.39 is 0 Å². The molecular formula is C10H12IN. The second kappa shape index (κ2) is 3.34. The Labute approximate surface area is 86.7 Å². The molecule has 0 saturated heterocycles. The van der Waals surface area contributed by atoms with E-state index in [0.29, 0.717) is 3.92 Å². The highest BCUT2D eigenvalue weighted by atomic mass is 127. The lowest BCUT2D eigenvalue weighted by atomic mass is 9.99. The molecule has 0 fully saturated rings. The van der Waals surface area contributed by atoms with E-state index in [9.17, 15) is 0 Å². The molecule has 1 heterocycles. The number of rotatable bonds is 0. The number of halogens is 1. The van der Waals surface area contributed by atoms with E-state index in [4.69, 9.17) is 0 Å². The zero-order chi connectivity index (χ0) is 8.55. The van der Waals surface area contributed by atoms with Crippen molar-refractivity contribution in [3.63, 3.8) is 0 Å². The van der Waals surface area contributed by atoms with Gasteiger partial charge in [0.2, 0.25) is 0 Å². The Morgan fingerprint density at radius 3 is 3.17 bits per heavy atom. The van der Waals surface area contributed by atoms with E-state index in [1.54, 1.807) is 0 Å². The molecule has 1 aromatic rings. The Balaban J connectivity index is 2.46. The van der Waals surface area contributed by atoms with Crippen LogP contribution < -0.4 is 5.32 Å². The minimum Gasteiger partial charge on any atom is -0.311 e. The molecule has 0 saturated carbocycles. The molecule has 1 atom stereocenters. The summed E-state index contributed by atoms with van der Waals surface area (Å²) in [6.45, 7) is 4.30. The van der Waals surface area contributed by atoms with Gasteiger partial charge in [0.15, 0.2) is 0 Å². The molecule has 1 nitrogen and oxygen atoms in total. The third-order valence-corrected chi connectivity index (χ3v) is 3.39. The Kier molecular flexibility index (Phi) is 2.37. The van der Waals surface area contributed by atoms with Crippen LogP contribution in [0.2, 0.25) is 0 Å². The van der Waals surface area contributed by atoms with Gasteiger partial charge in [-0.05, 0) is 18.1 Å². The van der Waals surface area contributed by atoms with E-state index in [1.807, 2.05) is 0 Å². The van der Waals surface area contributed by atoms with E-state index in [1.165, 1.54) is 16.7 Å². The minimum absolute atomic E-state index is 0.645. The predicted octanol–water partition coefficient (Wildman–Crippen LogP) is 2.57. The molecule has 1 aromatic carbocycles. The van der Waals surface area contributed by atoms with Gasteiger partial charge in [0.25, 0.3) is 0 Å². The lowest BCUT2D eigenvalue weighted by Crippen LogP contribution is -2.25. The molecule has 2 heteroatoms. The Morgan fingerprint density at radius 1 is 1.50 bits per heavy atom. The van der Waals surface area contributed by atoms with E-state index in [2.05, 4.69) is 53.0 Å². The maximum atomic E-state index is 3.41. The second-order valence-electron chi connectivity index (χ2n) is 3.30. The summed E-state index contributed by atoms with van der Waals surface area (Å²) in [5.74, 6) is 0. The van der Waals surface area contributed by atoms with Crippen LogP contribution in [0.5, 0.6) is 0 Å². The van der Waals surface area contributed by atoms with Crippen LogP contribution in [-0.2, 0) is 6.54 Å². The van der Waals surface area contributed by atoms with Crippen LogP contribution in [0, 0.1) is 6.92 Å². The number of hydrogen-bond acceptors (Lipinski definition) is 1. The molecule has 0 spiro atoms. The summed E-state index contributed by atoms with van der Waals surface area (Å²) in [5.41, 5.74) is 4.35. The fourth-order valence-corrected chi connectivity index (χ4v) is 2.56. The molecule has 1 aliphatic heterocycles. The molecular weight excluding hydrogens is 261 g/mol. The van der Waals surface area contributed by atoms with Crippen LogP contribution in [0.4, 0.5) is 0 Å². The van der Waals surface area contributed by atoms with Gasteiger partial charge in [-0.15, -0.1) is 0 Å². The summed E-state index contributed by atoms with van der Waals surface area (Å²) in [6, 6.07) is 6.76. The van der Waals surface area contributed by atoms with Crippen molar-refractivity contribution in [2.45, 2.75) is 17.4 Å². The number of nitrogens with one attached hydrogen (secondary N) is 1. The number of benzene rings is 1. The van der Waals surface area contributed by atoms with Crippen molar-refractivity contribution in [3.8, 4) is 0 Å². The fourth-order valence-electron chi connectivity index (χ4n) is 1.64. The Morgan fingerprint density at radius 2 is 2.33 bits per heavy atom. The van der Waals surface area contributed by atoms with Crippen LogP contribution in [0.1, 0.15) is 20.6 Å². The summed E-state index contributed by atoms with van der Waals surface area (Å²) >= 11 is 2.50. The maximum absolute atomic E-state index is 3.41. The second-order valence-corrected chi connectivity index (χ2v) is 4.80. The summed E-state index contributed by atoms with van der Waals surface area (Å²) in [4.78, 5) is 0. The number of aryl methyl sites for hydroxylation is 1. The standard InChI is InChI=1S/C10H12IN/c1-7-2-3-9-8(4-7)5-12-6-10(9)11/h2-4,10,12H,5-6H2,1H3. The van der Waals surface area contributed by atoms with Crippen molar-refractivity contribution in [3.05, 3.63) is 34.9 Å². The summed E-state index contributed by atoms with van der Waals surface area (Å²) in [7, 11) is 0. The molecule has 0 radical (unpaired) electrons. The third kappa shape index (κ3) is 1.50. The van der Waals surface area contributed by atoms with Crippen molar-refractivity contribution in [2.75, 3.05) is 6.54 Å². The van der Waals surface area contributed by atoms with E-state index >= 15 is 0 Å². The number of hydrogen-bond donors (Lipinski definition) is 1. The molecule has 0 amide bonds. The molecule has 12 heavy (non-hydrogen) atoms. The Bertz CT molecular complexity index is 296. The van der Waals surface area contributed by atoms with Gasteiger partial charge in [-0.3, -0.25) is 0 Å². The van der Waals surface area contributed by atoms with Gasteiger partial charge in [0.05, 0.1) is 0 Å². The lowest BCUT2D eigenvalue weighted by molar-refractivity contribution is 0.646. The molecule has 1 aliphatic rings. The average molecular weight is 273 g/mol. The number of fused-ring (bicyclic) bond motifs is 1. The highest BCUT2D eigenvalue weighted by molar-refractivity contribution is 14.1. The van der Waals surface area contributed by atoms with Crippen LogP contribution in [0.3, 0.4) is 0 Å². The summed E-state index contributed by atoms with van der Waals surface area (Å²) in [5, 5.41) is 3.41. The molecule has 1 N–H and O–H groups in total. The third-order valence-electron chi connectivity index (χ3n) is 2.27. The zero-order valence-electron chi connectivity index (χ0n) is 7.10. The minimum atomic E-state index is 0.645. The van der Waals surface area contributed by atoms with Gasteiger partial charge in [-0.2, -0.15) is 0 Å². The largest absolute Gasteiger partial charge is 0.311 e. The maximum Gasteiger partial charge on any atom is 0.0487 e. The lowest BCUT2D eigenvalue weighted by Gasteiger charge is -2.22. The SMILES string of the molecule is Cc1ccc2c(c1)CNCC2I. The van der Waals surface area contributed by atoms with Gasteiger partial charge < -0.3 is 5.32 Å². The molecule has 0 aromatic heterocycles. The smallest absolute Gasteiger partial charge is 0.0487 e. The van der Waals surface area contributed by atoms with Crippen molar-refractivity contribution in [1.29, 1.82) is 0 Å². The quantitative estimate of drug-likeness (QED) is 0.566. The van der Waals surface area contributed by atoms with Crippen LogP contribution in [0.15, 0.2) is 18.2 Å². The van der Waals surface area contributed by atoms with Crippen LogP contribution >= 0.6 is 22.6 Å². The topological polar surface area (TPSA) is 12.0 Å². The molecule has 2 rings (SSSR count). The number of alkyl halides is 1. The van der Waals surface area contributed by atoms with Crippen molar-refractivity contribution in [1.82, 2.24) is 5.32 Å². The molecule has 0 aliphatic carbocycles. The first-order chi connectivity index (χ1) is 5.77. The van der Waals surface area contributed by atoms with Crippen molar-refractivity contribution < 1.29 is 0 Å². The van der Waals surface area contributed by atoms with Crippen molar-refractivity contribution >= 4 is 22.6 Å². The molecule has 64 valence electrons. The van der Waals surface area contributed by atoms with Crippen LogP contribution in [-0.4, -0.2) is 6.54 Å². The van der Waals surface area contributed by atoms with Gasteiger partial charge in [0.1, 0.15) is 0 Å². The van der Waals surface area contributed by atoms with Crippen molar-refractivity contribution in [2.24, 2.45) is 0 Å². The van der Waals surface area contributed by atoms with E-state index in [-0.39, 0.29) is 0 Å². The van der Waals surface area contributed by atoms with E-state index in [0.717, 1.165) is 13.1 Å². The normalized spacial score (nSPS) is 22.0. The predicted molar refractivity (Wildman–Crippen MR) is 59.6 cm³/mol. The summed E-state index contributed by atoms with van der Waals surface area (Å²) < 4.78 is 0.645. The highest BCUT2D eigenvalue weighted by Gasteiger charge is 2.16. The fraction of sp³-hybridized carbons (Fsp3) is 0.400. The highest BCUT2D eigenvalue weighted by Crippen LogP contribution is 2.29. The Hall–Kier alpha value is -0.0900. The average Bonchev–Trinajstić information content (AvgIpc) is 2.04. The van der Waals surface area contributed by atoms with Gasteiger partial charge in [-0.25, -0.2) is 0 Å².